The van der Waals surface area contributed by atoms with E-state index in [4.69, 9.17) is 9.47 Å². The SMILES string of the molecule is CC/C=C\C/C=C\C/C=C\C/C=C\C/C=C\C/C=C\CCCCCCCCCOCC(CO)OC(=O)CCCCCC/C=C\C/C=C\C/C=C\C/C=C\C/C=C\C/C=C\CC. The van der Waals surface area contributed by atoms with E-state index in [2.05, 4.69) is 160 Å². The second kappa shape index (κ2) is 52.4. The topological polar surface area (TPSA) is 55.8 Å². The Labute approximate surface area is 376 Å². The van der Waals surface area contributed by atoms with Crippen LogP contribution in [0.2, 0.25) is 0 Å². The van der Waals surface area contributed by atoms with Crippen LogP contribution in [-0.2, 0) is 14.3 Å². The molecule has 0 rings (SSSR count). The van der Waals surface area contributed by atoms with Crippen molar-refractivity contribution in [3.05, 3.63) is 146 Å². The molecule has 342 valence electrons. The van der Waals surface area contributed by atoms with Crippen molar-refractivity contribution >= 4 is 5.97 Å². The van der Waals surface area contributed by atoms with E-state index < -0.39 is 6.10 Å². The zero-order chi connectivity index (χ0) is 44.0. The van der Waals surface area contributed by atoms with Crippen molar-refractivity contribution in [2.24, 2.45) is 0 Å². The Bertz CT molecular complexity index is 1300. The molecule has 1 N–H and O–H groups in total. The number of carbonyl (C=O) groups excluding carboxylic acids is 1. The number of unbranched alkanes of at least 4 members (excludes halogenated alkanes) is 11. The molecule has 0 radical (unpaired) electrons. The van der Waals surface area contributed by atoms with Crippen LogP contribution in [0, 0.1) is 0 Å². The summed E-state index contributed by atoms with van der Waals surface area (Å²) in [5.74, 6) is -0.236. The first-order valence-electron chi connectivity index (χ1n) is 24.4. The molecule has 0 aliphatic rings. The molecule has 4 heteroatoms. The molecule has 0 amide bonds. The van der Waals surface area contributed by atoms with E-state index in [1.54, 1.807) is 0 Å². The summed E-state index contributed by atoms with van der Waals surface area (Å²) < 4.78 is 11.2. The number of carbonyl (C=O) groups is 1. The van der Waals surface area contributed by atoms with E-state index in [9.17, 15) is 9.90 Å². The molecule has 0 saturated carbocycles. The molecular weight excluding hydrogens is 749 g/mol. The average molecular weight is 839 g/mol. The van der Waals surface area contributed by atoms with Crippen molar-refractivity contribution in [1.29, 1.82) is 0 Å². The summed E-state index contributed by atoms with van der Waals surface area (Å²) in [4.78, 5) is 12.3. The van der Waals surface area contributed by atoms with Gasteiger partial charge in [0.1, 0.15) is 6.10 Å². The molecule has 0 aromatic carbocycles. The summed E-state index contributed by atoms with van der Waals surface area (Å²) >= 11 is 0. The second-order valence-corrected chi connectivity index (χ2v) is 15.4. The van der Waals surface area contributed by atoms with Gasteiger partial charge in [-0.2, -0.15) is 0 Å². The molecule has 0 aliphatic carbocycles. The van der Waals surface area contributed by atoms with E-state index in [-0.39, 0.29) is 19.2 Å². The molecule has 0 bridgehead atoms. The van der Waals surface area contributed by atoms with Gasteiger partial charge in [-0.15, -0.1) is 0 Å². The predicted octanol–water partition coefficient (Wildman–Crippen LogP) is 16.8. The Morgan fingerprint density at radius 2 is 0.689 bits per heavy atom. The Morgan fingerprint density at radius 1 is 0.393 bits per heavy atom. The van der Waals surface area contributed by atoms with Crippen molar-refractivity contribution in [3.63, 3.8) is 0 Å². The summed E-state index contributed by atoms with van der Waals surface area (Å²) in [6, 6.07) is 0. The maximum atomic E-state index is 12.3. The molecule has 0 fully saturated rings. The van der Waals surface area contributed by atoms with Gasteiger partial charge in [-0.05, 0) is 116 Å². The predicted molar refractivity (Wildman–Crippen MR) is 269 cm³/mol. The van der Waals surface area contributed by atoms with E-state index in [1.807, 2.05) is 0 Å². The third-order valence-corrected chi connectivity index (χ3v) is 9.66. The molecule has 61 heavy (non-hydrogen) atoms. The average Bonchev–Trinajstić information content (AvgIpc) is 3.27. The zero-order valence-electron chi connectivity index (χ0n) is 39.1. The number of rotatable bonds is 43. The van der Waals surface area contributed by atoms with Gasteiger partial charge in [-0.1, -0.05) is 205 Å². The number of hydrogen-bond acceptors (Lipinski definition) is 4. The molecule has 0 aromatic heterocycles. The number of aliphatic hydroxyl groups excluding tert-OH is 1. The Balaban J connectivity index is 3.59. The lowest BCUT2D eigenvalue weighted by Crippen LogP contribution is -2.27. The Morgan fingerprint density at radius 3 is 1.03 bits per heavy atom. The Kier molecular flexibility index (Phi) is 49.2. The van der Waals surface area contributed by atoms with Crippen molar-refractivity contribution < 1.29 is 19.4 Å². The molecule has 4 nitrogen and oxygen atoms in total. The number of hydrogen-bond donors (Lipinski definition) is 1. The number of allylic oxidation sites excluding steroid dienone is 24. The Hall–Kier alpha value is -3.73. The number of ether oxygens (including phenoxy) is 2. The van der Waals surface area contributed by atoms with E-state index in [0.717, 1.165) is 122 Å². The fourth-order valence-electron chi connectivity index (χ4n) is 6.10. The van der Waals surface area contributed by atoms with Gasteiger partial charge in [-0.25, -0.2) is 0 Å². The molecule has 0 aromatic rings. The normalized spacial score (nSPS) is 13.7. The van der Waals surface area contributed by atoms with Crippen LogP contribution in [0.3, 0.4) is 0 Å². The molecule has 0 aliphatic heterocycles. The fraction of sp³-hybridized carbons (Fsp3) is 0.561. The van der Waals surface area contributed by atoms with Gasteiger partial charge in [0.25, 0.3) is 0 Å². The highest BCUT2D eigenvalue weighted by Gasteiger charge is 2.13. The van der Waals surface area contributed by atoms with Crippen molar-refractivity contribution in [3.8, 4) is 0 Å². The van der Waals surface area contributed by atoms with Crippen LogP contribution in [0.1, 0.15) is 181 Å². The lowest BCUT2D eigenvalue weighted by atomic mass is 10.1. The summed E-state index contributed by atoms with van der Waals surface area (Å²) in [5, 5.41) is 9.64. The largest absolute Gasteiger partial charge is 0.457 e. The number of aliphatic hydroxyl groups is 1. The lowest BCUT2D eigenvalue weighted by Gasteiger charge is -2.15. The molecule has 0 spiro atoms. The van der Waals surface area contributed by atoms with Crippen LogP contribution >= 0.6 is 0 Å². The maximum absolute atomic E-state index is 12.3. The molecular formula is C57H90O4. The van der Waals surface area contributed by atoms with Gasteiger partial charge in [-0.3, -0.25) is 4.79 Å². The van der Waals surface area contributed by atoms with Crippen molar-refractivity contribution in [2.75, 3.05) is 19.8 Å². The monoisotopic (exact) mass is 839 g/mol. The van der Waals surface area contributed by atoms with Gasteiger partial charge < -0.3 is 14.6 Å². The van der Waals surface area contributed by atoms with Gasteiger partial charge >= 0.3 is 5.97 Å². The second-order valence-electron chi connectivity index (χ2n) is 15.4. The van der Waals surface area contributed by atoms with Crippen molar-refractivity contribution in [2.45, 2.75) is 187 Å². The third-order valence-electron chi connectivity index (χ3n) is 9.66. The standard InChI is InChI=1S/C57H90O4/c1-3-5-7-9-11-13-15-17-19-21-23-25-27-28-29-31-33-35-37-39-41-43-45-47-49-51-53-60-55-56(54-58)61-57(59)52-50-48-46-44-42-40-38-36-34-32-30-26-24-22-20-18-16-14-12-10-8-6-4-2/h5-8,11-14,17-20,23-26,28-29,32-35,38,40,56,58H,3-4,9-10,15-16,21-22,27,30-31,36-37,39,41-55H2,1-2H3/b7-5-,8-6-,13-11-,14-12-,19-17-,20-18-,25-23-,26-24-,29-28-,34-32-,35-33-,40-38-. The molecule has 0 heterocycles. The number of esters is 1. The van der Waals surface area contributed by atoms with Crippen LogP contribution in [0.25, 0.3) is 0 Å². The van der Waals surface area contributed by atoms with Crippen LogP contribution in [-0.4, -0.2) is 37.0 Å². The van der Waals surface area contributed by atoms with Gasteiger partial charge in [0.05, 0.1) is 13.2 Å². The third kappa shape index (κ3) is 50.5. The van der Waals surface area contributed by atoms with E-state index >= 15 is 0 Å². The van der Waals surface area contributed by atoms with Crippen LogP contribution in [0.4, 0.5) is 0 Å². The minimum absolute atomic E-state index is 0.198. The minimum Gasteiger partial charge on any atom is -0.457 e. The summed E-state index contributed by atoms with van der Waals surface area (Å²) in [7, 11) is 0. The highest BCUT2D eigenvalue weighted by molar-refractivity contribution is 5.69. The minimum atomic E-state index is -0.568. The first-order chi connectivity index (χ1) is 30.2. The maximum Gasteiger partial charge on any atom is 0.306 e. The highest BCUT2D eigenvalue weighted by atomic mass is 16.6. The van der Waals surface area contributed by atoms with Gasteiger partial charge in [0.2, 0.25) is 0 Å². The van der Waals surface area contributed by atoms with Crippen LogP contribution in [0.15, 0.2) is 146 Å². The summed E-state index contributed by atoms with van der Waals surface area (Å²) in [6.07, 6.45) is 80.6. The van der Waals surface area contributed by atoms with Crippen LogP contribution in [0.5, 0.6) is 0 Å². The van der Waals surface area contributed by atoms with Crippen molar-refractivity contribution in [1.82, 2.24) is 0 Å². The van der Waals surface area contributed by atoms with Gasteiger partial charge in [0.15, 0.2) is 0 Å². The lowest BCUT2D eigenvalue weighted by molar-refractivity contribution is -0.154. The van der Waals surface area contributed by atoms with E-state index in [1.165, 1.54) is 38.5 Å². The first kappa shape index (κ1) is 57.3. The smallest absolute Gasteiger partial charge is 0.306 e. The summed E-state index contributed by atoms with van der Waals surface area (Å²) in [5.41, 5.74) is 0. The quantitative estimate of drug-likeness (QED) is 0.0378. The molecule has 1 unspecified atom stereocenters. The summed E-state index contributed by atoms with van der Waals surface area (Å²) in [6.45, 7) is 5.04. The van der Waals surface area contributed by atoms with Crippen LogP contribution < -0.4 is 0 Å². The molecule has 1 atom stereocenters. The molecule has 0 saturated heterocycles. The highest BCUT2D eigenvalue weighted by Crippen LogP contribution is 2.11. The fourth-order valence-corrected chi connectivity index (χ4v) is 6.10. The first-order valence-corrected chi connectivity index (χ1v) is 24.4. The van der Waals surface area contributed by atoms with E-state index in [0.29, 0.717) is 13.0 Å². The van der Waals surface area contributed by atoms with Gasteiger partial charge in [0, 0.05) is 13.0 Å². The zero-order valence-corrected chi connectivity index (χ0v) is 39.1.